The van der Waals surface area contributed by atoms with Crippen molar-refractivity contribution in [2.75, 3.05) is 44.8 Å². The van der Waals surface area contributed by atoms with Crippen molar-refractivity contribution in [2.24, 2.45) is 0 Å². The van der Waals surface area contributed by atoms with Gasteiger partial charge < -0.3 is 14.8 Å². The summed E-state index contributed by atoms with van der Waals surface area (Å²) in [5.41, 5.74) is 0.0359. The molecule has 0 spiro atoms. The van der Waals surface area contributed by atoms with Crippen LogP contribution in [0.25, 0.3) is 0 Å². The lowest BCUT2D eigenvalue weighted by Crippen LogP contribution is -2.40. The summed E-state index contributed by atoms with van der Waals surface area (Å²) in [6.07, 6.45) is 1.91. The van der Waals surface area contributed by atoms with Crippen LogP contribution in [0.15, 0.2) is 23.1 Å². The number of morpholine rings is 1. The molecule has 25 heavy (non-hydrogen) atoms. The summed E-state index contributed by atoms with van der Waals surface area (Å²) in [7, 11) is -3.77. The van der Waals surface area contributed by atoms with E-state index in [1.165, 1.54) is 16.4 Å². The predicted octanol–water partition coefficient (Wildman–Crippen LogP) is 1.21. The van der Waals surface area contributed by atoms with E-state index in [1.807, 2.05) is 0 Å². The van der Waals surface area contributed by atoms with E-state index < -0.39 is 14.9 Å². The van der Waals surface area contributed by atoms with Crippen molar-refractivity contribution in [3.05, 3.63) is 28.3 Å². The summed E-state index contributed by atoms with van der Waals surface area (Å²) in [5.74, 6) is 0. The maximum atomic E-state index is 12.6. The topological polar surface area (TPSA) is 111 Å². The number of hydrogen-bond acceptors (Lipinski definition) is 7. The zero-order valence-corrected chi connectivity index (χ0v) is 14.5. The van der Waals surface area contributed by atoms with Gasteiger partial charge in [-0.05, 0) is 25.0 Å². The van der Waals surface area contributed by atoms with Gasteiger partial charge in [-0.25, -0.2) is 8.42 Å². The van der Waals surface area contributed by atoms with Gasteiger partial charge in [0.25, 0.3) is 5.69 Å². The highest BCUT2D eigenvalue weighted by Crippen LogP contribution is 2.29. The minimum atomic E-state index is -3.77. The van der Waals surface area contributed by atoms with E-state index in [-0.39, 0.29) is 29.8 Å². The molecule has 9 nitrogen and oxygen atoms in total. The van der Waals surface area contributed by atoms with E-state index in [1.54, 1.807) is 0 Å². The second-order valence-electron chi connectivity index (χ2n) is 5.97. The SMILES string of the molecule is O=[N+]([O-])c1cc(S(=O)(=O)N2CCOCC2)ccc1NC[C@H]1CCCO1. The lowest BCUT2D eigenvalue weighted by atomic mass is 10.2. The van der Waals surface area contributed by atoms with Crippen molar-refractivity contribution in [1.29, 1.82) is 0 Å². The Morgan fingerprint density at radius 3 is 2.68 bits per heavy atom. The van der Waals surface area contributed by atoms with Gasteiger partial charge in [-0.3, -0.25) is 10.1 Å². The highest BCUT2D eigenvalue weighted by Gasteiger charge is 2.29. The highest BCUT2D eigenvalue weighted by atomic mass is 32.2. The number of rotatable bonds is 6. The van der Waals surface area contributed by atoms with Crippen LogP contribution in [0, 0.1) is 10.1 Å². The molecule has 2 fully saturated rings. The second kappa shape index (κ2) is 7.65. The fourth-order valence-electron chi connectivity index (χ4n) is 2.94. The van der Waals surface area contributed by atoms with Crippen molar-refractivity contribution in [3.63, 3.8) is 0 Å². The molecule has 2 saturated heterocycles. The third-order valence-electron chi connectivity index (χ3n) is 4.32. The van der Waals surface area contributed by atoms with Crippen LogP contribution in [-0.2, 0) is 19.5 Å². The number of nitro groups is 1. The predicted molar refractivity (Wildman–Crippen MR) is 90.1 cm³/mol. The molecule has 138 valence electrons. The zero-order valence-electron chi connectivity index (χ0n) is 13.7. The van der Waals surface area contributed by atoms with Crippen LogP contribution < -0.4 is 5.32 Å². The molecule has 0 unspecified atom stereocenters. The molecule has 1 N–H and O–H groups in total. The summed E-state index contributed by atoms with van der Waals surface area (Å²) < 4.78 is 37.2. The van der Waals surface area contributed by atoms with Crippen molar-refractivity contribution >= 4 is 21.4 Å². The average Bonchev–Trinajstić information content (AvgIpc) is 3.14. The fraction of sp³-hybridized carbons (Fsp3) is 0.600. The molecular formula is C15H21N3O6S. The first-order valence-corrected chi connectivity index (χ1v) is 9.64. The molecule has 2 aliphatic rings. The third kappa shape index (κ3) is 4.09. The molecule has 10 heteroatoms. The number of nitro benzene ring substituents is 1. The minimum absolute atomic E-state index is 0.0244. The van der Waals surface area contributed by atoms with Gasteiger partial charge in [0, 0.05) is 32.3 Å². The van der Waals surface area contributed by atoms with Crippen molar-refractivity contribution in [1.82, 2.24) is 4.31 Å². The van der Waals surface area contributed by atoms with Crippen LogP contribution >= 0.6 is 0 Å². The van der Waals surface area contributed by atoms with Gasteiger partial charge in [0.2, 0.25) is 10.0 Å². The molecular weight excluding hydrogens is 350 g/mol. The van der Waals surface area contributed by atoms with Crippen LogP contribution in [-0.4, -0.2) is 63.2 Å². The Hall–Kier alpha value is -1.75. The van der Waals surface area contributed by atoms with Crippen LogP contribution in [0.1, 0.15) is 12.8 Å². The summed E-state index contributed by atoms with van der Waals surface area (Å²) >= 11 is 0. The lowest BCUT2D eigenvalue weighted by molar-refractivity contribution is -0.384. The number of anilines is 1. The molecule has 1 aromatic carbocycles. The second-order valence-corrected chi connectivity index (χ2v) is 7.91. The number of benzene rings is 1. The molecule has 0 amide bonds. The number of hydrogen-bond donors (Lipinski definition) is 1. The highest BCUT2D eigenvalue weighted by molar-refractivity contribution is 7.89. The Morgan fingerprint density at radius 2 is 2.04 bits per heavy atom. The summed E-state index contributed by atoms with van der Waals surface area (Å²) in [4.78, 5) is 10.7. The number of ether oxygens (including phenoxy) is 2. The van der Waals surface area contributed by atoms with Crippen LogP contribution in [0.5, 0.6) is 0 Å². The zero-order chi connectivity index (χ0) is 17.9. The van der Waals surface area contributed by atoms with E-state index in [2.05, 4.69) is 5.32 Å². The number of nitrogens with one attached hydrogen (secondary N) is 1. The van der Waals surface area contributed by atoms with E-state index >= 15 is 0 Å². The molecule has 1 atom stereocenters. The van der Waals surface area contributed by atoms with Crippen LogP contribution in [0.2, 0.25) is 0 Å². The Labute approximate surface area is 146 Å². The standard InChI is InChI=1S/C15H21N3O6S/c19-18(20)15-10-13(25(21,22)17-5-8-23-9-6-17)3-4-14(15)16-11-12-2-1-7-24-12/h3-4,10,12,16H,1-2,5-9,11H2/t12-/m1/s1. The third-order valence-corrected chi connectivity index (χ3v) is 6.21. The van der Waals surface area contributed by atoms with E-state index in [0.717, 1.165) is 18.9 Å². The van der Waals surface area contributed by atoms with Crippen LogP contribution in [0.4, 0.5) is 11.4 Å². The quantitative estimate of drug-likeness (QED) is 0.591. The van der Waals surface area contributed by atoms with Crippen molar-refractivity contribution < 1.29 is 22.8 Å². The van der Waals surface area contributed by atoms with E-state index in [0.29, 0.717) is 32.1 Å². The molecule has 0 saturated carbocycles. The summed E-state index contributed by atoms with van der Waals surface area (Å²) in [5, 5.41) is 14.4. The normalized spacial score (nSPS) is 22.0. The molecule has 0 bridgehead atoms. The molecule has 0 aromatic heterocycles. The van der Waals surface area contributed by atoms with Gasteiger partial charge in [0.15, 0.2) is 0 Å². The van der Waals surface area contributed by atoms with Crippen LogP contribution in [0.3, 0.4) is 0 Å². The van der Waals surface area contributed by atoms with Gasteiger partial charge in [-0.2, -0.15) is 4.31 Å². The number of nitrogens with zero attached hydrogens (tertiary/aromatic N) is 2. The number of sulfonamides is 1. The van der Waals surface area contributed by atoms with Crippen molar-refractivity contribution in [2.45, 2.75) is 23.8 Å². The van der Waals surface area contributed by atoms with Gasteiger partial charge in [0.05, 0.1) is 29.1 Å². The smallest absolute Gasteiger partial charge is 0.293 e. The van der Waals surface area contributed by atoms with Gasteiger partial charge in [-0.1, -0.05) is 0 Å². The summed E-state index contributed by atoms with van der Waals surface area (Å²) in [6, 6.07) is 3.96. The first-order chi connectivity index (χ1) is 12.0. The minimum Gasteiger partial charge on any atom is -0.379 e. The Balaban J connectivity index is 1.81. The molecule has 2 heterocycles. The first-order valence-electron chi connectivity index (χ1n) is 8.20. The first kappa shape index (κ1) is 18.1. The van der Waals surface area contributed by atoms with Gasteiger partial charge >= 0.3 is 0 Å². The molecule has 3 rings (SSSR count). The monoisotopic (exact) mass is 371 g/mol. The maximum Gasteiger partial charge on any atom is 0.293 e. The average molecular weight is 371 g/mol. The van der Waals surface area contributed by atoms with Gasteiger partial charge in [-0.15, -0.1) is 0 Å². The molecule has 0 radical (unpaired) electrons. The molecule has 0 aliphatic carbocycles. The van der Waals surface area contributed by atoms with E-state index in [9.17, 15) is 18.5 Å². The van der Waals surface area contributed by atoms with Gasteiger partial charge in [0.1, 0.15) is 5.69 Å². The Morgan fingerprint density at radius 1 is 1.28 bits per heavy atom. The Kier molecular flexibility index (Phi) is 5.52. The molecule has 1 aromatic rings. The molecule has 2 aliphatic heterocycles. The summed E-state index contributed by atoms with van der Waals surface area (Å²) in [6.45, 7) is 2.29. The lowest BCUT2D eigenvalue weighted by Gasteiger charge is -2.26. The maximum absolute atomic E-state index is 12.6. The Bertz CT molecular complexity index is 727. The fourth-order valence-corrected chi connectivity index (χ4v) is 4.37. The van der Waals surface area contributed by atoms with E-state index in [4.69, 9.17) is 9.47 Å². The van der Waals surface area contributed by atoms with Crippen molar-refractivity contribution in [3.8, 4) is 0 Å². The largest absolute Gasteiger partial charge is 0.379 e.